The maximum Gasteiger partial charge on any atom is 0.0223 e. The van der Waals surface area contributed by atoms with E-state index in [4.69, 9.17) is 0 Å². The highest BCUT2D eigenvalue weighted by Crippen LogP contribution is 2.36. The molecule has 2 nitrogen and oxygen atoms in total. The fourth-order valence-corrected chi connectivity index (χ4v) is 4.34. The summed E-state index contributed by atoms with van der Waals surface area (Å²) in [6.07, 6.45) is 7.26. The Balaban J connectivity index is 1.62. The highest BCUT2D eigenvalue weighted by molar-refractivity contribution is 4.93. The predicted molar refractivity (Wildman–Crippen MR) is 72.1 cm³/mol. The zero-order valence-corrected chi connectivity index (χ0v) is 11.6. The maximum atomic E-state index is 2.83. The third-order valence-electron chi connectivity index (χ3n) is 5.76. The van der Waals surface area contributed by atoms with Crippen molar-refractivity contribution in [1.82, 2.24) is 9.80 Å². The molecule has 0 bridgehead atoms. The molecule has 0 N–H and O–H groups in total. The van der Waals surface area contributed by atoms with Gasteiger partial charge in [-0.3, -0.25) is 9.80 Å². The molecule has 2 aliphatic heterocycles. The molecule has 1 aliphatic carbocycles. The number of nitrogens with zero attached hydrogens (tertiary/aromatic N) is 2. The largest absolute Gasteiger partial charge is 0.298 e. The minimum atomic E-state index is 0.889. The molecule has 4 unspecified atom stereocenters. The van der Waals surface area contributed by atoms with Gasteiger partial charge in [-0.1, -0.05) is 20.3 Å². The van der Waals surface area contributed by atoms with Crippen molar-refractivity contribution in [2.75, 3.05) is 26.2 Å². The van der Waals surface area contributed by atoms with Gasteiger partial charge in [0.2, 0.25) is 0 Å². The number of rotatable bonds is 1. The van der Waals surface area contributed by atoms with E-state index in [9.17, 15) is 0 Å². The lowest BCUT2D eigenvalue weighted by Gasteiger charge is -2.47. The van der Waals surface area contributed by atoms with Crippen molar-refractivity contribution in [3.63, 3.8) is 0 Å². The van der Waals surface area contributed by atoms with Crippen molar-refractivity contribution >= 4 is 0 Å². The van der Waals surface area contributed by atoms with E-state index >= 15 is 0 Å². The summed E-state index contributed by atoms with van der Waals surface area (Å²) in [5.74, 6) is 1.87. The molecule has 0 radical (unpaired) electrons. The highest BCUT2D eigenvalue weighted by Gasteiger charge is 2.38. The average molecular weight is 236 g/mol. The lowest BCUT2D eigenvalue weighted by molar-refractivity contribution is 0.0179. The summed E-state index contributed by atoms with van der Waals surface area (Å²) in [6.45, 7) is 10.3. The van der Waals surface area contributed by atoms with E-state index in [1.807, 2.05) is 0 Å². The van der Waals surface area contributed by atoms with Crippen LogP contribution in [0.25, 0.3) is 0 Å². The normalized spacial score (nSPS) is 44.8. The van der Waals surface area contributed by atoms with Gasteiger partial charge < -0.3 is 0 Å². The highest BCUT2D eigenvalue weighted by atomic mass is 15.3. The van der Waals surface area contributed by atoms with Gasteiger partial charge in [0.1, 0.15) is 0 Å². The van der Waals surface area contributed by atoms with Crippen LogP contribution in [-0.4, -0.2) is 48.1 Å². The Morgan fingerprint density at radius 2 is 1.65 bits per heavy atom. The van der Waals surface area contributed by atoms with Crippen molar-refractivity contribution in [3.05, 3.63) is 0 Å². The molecule has 0 amide bonds. The summed E-state index contributed by atoms with van der Waals surface area (Å²) in [4.78, 5) is 5.59. The van der Waals surface area contributed by atoms with Crippen molar-refractivity contribution in [1.29, 1.82) is 0 Å². The zero-order chi connectivity index (χ0) is 11.8. The monoisotopic (exact) mass is 236 g/mol. The van der Waals surface area contributed by atoms with Gasteiger partial charge in [0.05, 0.1) is 0 Å². The number of piperazine rings is 1. The molecule has 2 saturated heterocycles. The van der Waals surface area contributed by atoms with Gasteiger partial charge in [0.25, 0.3) is 0 Å². The Bertz CT molecular complexity index is 266. The van der Waals surface area contributed by atoms with Crippen LogP contribution in [0, 0.1) is 11.8 Å². The van der Waals surface area contributed by atoms with E-state index in [0.717, 1.165) is 23.9 Å². The number of fused-ring (bicyclic) bond motifs is 1. The SMILES string of the molecule is CC1CCC(N2CCN3CCCCC3C2)C1C. The summed E-state index contributed by atoms with van der Waals surface area (Å²) < 4.78 is 0. The van der Waals surface area contributed by atoms with Gasteiger partial charge in [0, 0.05) is 31.7 Å². The smallest absolute Gasteiger partial charge is 0.0223 e. The molecule has 4 atom stereocenters. The van der Waals surface area contributed by atoms with E-state index in [1.54, 1.807) is 0 Å². The van der Waals surface area contributed by atoms with Crippen molar-refractivity contribution < 1.29 is 0 Å². The van der Waals surface area contributed by atoms with E-state index in [2.05, 4.69) is 23.6 Å². The minimum absolute atomic E-state index is 0.889. The Hall–Kier alpha value is -0.0800. The topological polar surface area (TPSA) is 6.48 Å². The second kappa shape index (κ2) is 4.89. The lowest BCUT2D eigenvalue weighted by atomic mass is 9.94. The molecular formula is C15H28N2. The third-order valence-corrected chi connectivity index (χ3v) is 5.76. The fourth-order valence-electron chi connectivity index (χ4n) is 4.34. The van der Waals surface area contributed by atoms with Gasteiger partial charge in [0.15, 0.2) is 0 Å². The summed E-state index contributed by atoms with van der Waals surface area (Å²) in [5, 5.41) is 0. The molecule has 98 valence electrons. The average Bonchev–Trinajstić information content (AvgIpc) is 2.70. The standard InChI is InChI=1S/C15H28N2/c1-12-6-7-15(13(12)2)17-10-9-16-8-4-3-5-14(16)11-17/h12-15H,3-11H2,1-2H3. The Morgan fingerprint density at radius 1 is 0.824 bits per heavy atom. The van der Waals surface area contributed by atoms with Crippen LogP contribution in [0.15, 0.2) is 0 Å². The molecule has 3 aliphatic rings. The Morgan fingerprint density at radius 3 is 2.41 bits per heavy atom. The van der Waals surface area contributed by atoms with Crippen molar-refractivity contribution in [3.8, 4) is 0 Å². The van der Waals surface area contributed by atoms with Crippen LogP contribution in [0.1, 0.15) is 46.0 Å². The molecule has 17 heavy (non-hydrogen) atoms. The summed E-state index contributed by atoms with van der Waals surface area (Å²) in [7, 11) is 0. The van der Waals surface area contributed by atoms with Gasteiger partial charge in [-0.2, -0.15) is 0 Å². The lowest BCUT2D eigenvalue weighted by Crippen LogP contribution is -2.57. The predicted octanol–water partition coefficient (Wildman–Crippen LogP) is 2.59. The van der Waals surface area contributed by atoms with E-state index in [-0.39, 0.29) is 0 Å². The number of hydrogen-bond donors (Lipinski definition) is 0. The number of hydrogen-bond acceptors (Lipinski definition) is 2. The number of piperidine rings is 1. The molecule has 0 aromatic carbocycles. The van der Waals surface area contributed by atoms with Crippen molar-refractivity contribution in [2.45, 2.75) is 58.0 Å². The van der Waals surface area contributed by atoms with Crippen LogP contribution in [0.3, 0.4) is 0 Å². The van der Waals surface area contributed by atoms with Gasteiger partial charge in [-0.05, 0) is 44.1 Å². The third kappa shape index (κ3) is 2.26. The minimum Gasteiger partial charge on any atom is -0.298 e. The molecule has 0 aromatic rings. The van der Waals surface area contributed by atoms with Gasteiger partial charge in [-0.25, -0.2) is 0 Å². The first-order chi connectivity index (χ1) is 8.25. The fraction of sp³-hybridized carbons (Fsp3) is 1.00. The van der Waals surface area contributed by atoms with Gasteiger partial charge >= 0.3 is 0 Å². The van der Waals surface area contributed by atoms with Crippen LogP contribution in [0.2, 0.25) is 0 Å². The quantitative estimate of drug-likeness (QED) is 0.690. The van der Waals surface area contributed by atoms with Crippen LogP contribution >= 0.6 is 0 Å². The molecule has 3 fully saturated rings. The molecule has 2 heterocycles. The molecular weight excluding hydrogens is 208 g/mol. The zero-order valence-electron chi connectivity index (χ0n) is 11.6. The van der Waals surface area contributed by atoms with Crippen LogP contribution in [0.4, 0.5) is 0 Å². The summed E-state index contributed by atoms with van der Waals surface area (Å²) >= 11 is 0. The Kier molecular flexibility index (Phi) is 3.45. The molecule has 2 heteroatoms. The second-order valence-electron chi connectivity index (χ2n) is 6.66. The van der Waals surface area contributed by atoms with Crippen LogP contribution in [-0.2, 0) is 0 Å². The van der Waals surface area contributed by atoms with E-state index in [0.29, 0.717) is 0 Å². The first kappa shape index (κ1) is 12.0. The van der Waals surface area contributed by atoms with Crippen LogP contribution in [0.5, 0.6) is 0 Å². The Labute approximate surface area is 106 Å². The summed E-state index contributed by atoms with van der Waals surface area (Å²) in [6, 6.07) is 1.79. The molecule has 0 aromatic heterocycles. The first-order valence-electron chi connectivity index (χ1n) is 7.74. The second-order valence-corrected chi connectivity index (χ2v) is 6.66. The molecule has 1 saturated carbocycles. The molecule has 0 spiro atoms. The van der Waals surface area contributed by atoms with Gasteiger partial charge in [-0.15, -0.1) is 0 Å². The van der Waals surface area contributed by atoms with Crippen molar-refractivity contribution in [2.24, 2.45) is 11.8 Å². The molecule has 3 rings (SSSR count). The van der Waals surface area contributed by atoms with E-state index in [1.165, 1.54) is 58.3 Å². The maximum absolute atomic E-state index is 2.83. The van der Waals surface area contributed by atoms with E-state index < -0.39 is 0 Å². The summed E-state index contributed by atoms with van der Waals surface area (Å²) in [5.41, 5.74) is 0. The first-order valence-corrected chi connectivity index (χ1v) is 7.74. The van der Waals surface area contributed by atoms with Crippen LogP contribution < -0.4 is 0 Å².